The van der Waals surface area contributed by atoms with Crippen LogP contribution in [0, 0.1) is 0 Å². The number of hydrogen-bond acceptors (Lipinski definition) is 5. The first-order valence-electron chi connectivity index (χ1n) is 10.9. The second-order valence-corrected chi connectivity index (χ2v) is 10.8. The van der Waals surface area contributed by atoms with Crippen LogP contribution in [0.15, 0.2) is 33.6 Å². The van der Waals surface area contributed by atoms with E-state index in [4.69, 9.17) is 4.74 Å². The molecule has 2 saturated heterocycles. The fraction of sp³-hybridized carbons (Fsp3) is 0.591. The van der Waals surface area contributed by atoms with Crippen LogP contribution >= 0.6 is 0 Å². The Morgan fingerprint density at radius 1 is 1.09 bits per heavy atom. The van der Waals surface area contributed by atoms with Gasteiger partial charge in [0.25, 0.3) is 10.0 Å². The SMILES string of the molecule is CN1CCC/C1=N\S(=O)(=O)c1ccc(NC(=O)C2CCCCN2C(=O)OC(C)(C)C)cc1. The van der Waals surface area contributed by atoms with Crippen molar-refractivity contribution in [2.75, 3.05) is 25.5 Å². The minimum atomic E-state index is -3.82. The Labute approximate surface area is 189 Å². The zero-order valence-electron chi connectivity index (χ0n) is 19.1. The number of piperidine rings is 1. The largest absolute Gasteiger partial charge is 0.444 e. The summed E-state index contributed by atoms with van der Waals surface area (Å²) in [5.41, 5.74) is -0.192. The Bertz CT molecular complexity index is 983. The number of nitrogens with one attached hydrogen (secondary N) is 1. The summed E-state index contributed by atoms with van der Waals surface area (Å²) in [5.74, 6) is 0.237. The van der Waals surface area contributed by atoms with Gasteiger partial charge in [0.1, 0.15) is 17.5 Å². The molecule has 3 rings (SSSR count). The highest BCUT2D eigenvalue weighted by atomic mass is 32.2. The minimum Gasteiger partial charge on any atom is -0.444 e. The van der Waals surface area contributed by atoms with Crippen LogP contribution in [0.4, 0.5) is 10.5 Å². The minimum absolute atomic E-state index is 0.0661. The van der Waals surface area contributed by atoms with Crippen LogP contribution in [-0.4, -0.2) is 67.8 Å². The highest BCUT2D eigenvalue weighted by Crippen LogP contribution is 2.23. The highest BCUT2D eigenvalue weighted by molar-refractivity contribution is 7.90. The molecule has 1 aromatic rings. The van der Waals surface area contributed by atoms with Crippen LogP contribution in [0.1, 0.15) is 52.9 Å². The molecule has 1 aromatic carbocycles. The molecule has 2 heterocycles. The molecule has 1 N–H and O–H groups in total. The molecular weight excluding hydrogens is 432 g/mol. The lowest BCUT2D eigenvalue weighted by molar-refractivity contribution is -0.122. The van der Waals surface area contributed by atoms with Gasteiger partial charge in [-0.05, 0) is 70.7 Å². The summed E-state index contributed by atoms with van der Waals surface area (Å²) in [6.07, 6.45) is 3.21. The summed E-state index contributed by atoms with van der Waals surface area (Å²) in [4.78, 5) is 28.8. The topological polar surface area (TPSA) is 108 Å². The Morgan fingerprint density at radius 2 is 1.78 bits per heavy atom. The van der Waals surface area contributed by atoms with Crippen LogP contribution in [0.3, 0.4) is 0 Å². The maximum atomic E-state index is 12.9. The predicted molar refractivity (Wildman–Crippen MR) is 122 cm³/mol. The molecule has 2 amide bonds. The average Bonchev–Trinajstić information content (AvgIpc) is 3.11. The number of likely N-dealkylation sites (tertiary alicyclic amines) is 2. The smallest absolute Gasteiger partial charge is 0.410 e. The number of benzene rings is 1. The van der Waals surface area contributed by atoms with Gasteiger partial charge in [0.2, 0.25) is 5.91 Å². The first kappa shape index (κ1) is 24.0. The van der Waals surface area contributed by atoms with E-state index >= 15 is 0 Å². The Hall–Kier alpha value is -2.62. The third-order valence-corrected chi connectivity index (χ3v) is 6.73. The Kier molecular flexibility index (Phi) is 7.12. The standard InChI is InChI=1S/C22H32N4O5S/c1-22(2,3)31-21(28)26-15-6-5-8-18(26)20(27)23-16-10-12-17(13-11-16)32(29,30)24-19-9-7-14-25(19)4/h10-13,18H,5-9,14-15H2,1-4H3,(H,23,27)/b24-19+. The van der Waals surface area contributed by atoms with Gasteiger partial charge in [0, 0.05) is 32.2 Å². The number of sulfonamides is 1. The molecule has 9 nitrogen and oxygen atoms in total. The molecule has 1 unspecified atom stereocenters. The molecule has 0 spiro atoms. The summed E-state index contributed by atoms with van der Waals surface area (Å²) >= 11 is 0. The second-order valence-electron chi connectivity index (χ2n) is 9.21. The number of amides is 2. The van der Waals surface area contributed by atoms with Crippen LogP contribution in [0.25, 0.3) is 0 Å². The maximum Gasteiger partial charge on any atom is 0.410 e. The number of carbonyl (C=O) groups is 2. The fourth-order valence-corrected chi connectivity index (χ4v) is 4.87. The Morgan fingerprint density at radius 3 is 2.38 bits per heavy atom. The first-order valence-corrected chi connectivity index (χ1v) is 12.4. The highest BCUT2D eigenvalue weighted by Gasteiger charge is 2.35. The molecule has 0 aromatic heterocycles. The number of anilines is 1. The van der Waals surface area contributed by atoms with E-state index < -0.39 is 27.8 Å². The summed E-state index contributed by atoms with van der Waals surface area (Å²) in [7, 11) is -1.99. The molecule has 0 saturated carbocycles. The average molecular weight is 465 g/mol. The van der Waals surface area contributed by atoms with Crippen LogP contribution in [0.5, 0.6) is 0 Å². The van der Waals surface area contributed by atoms with Crippen LogP contribution < -0.4 is 5.32 Å². The molecule has 0 aliphatic carbocycles. The van der Waals surface area contributed by atoms with Crippen molar-refractivity contribution in [3.8, 4) is 0 Å². The van der Waals surface area contributed by atoms with Crippen molar-refractivity contribution in [1.82, 2.24) is 9.80 Å². The fourth-order valence-electron chi connectivity index (χ4n) is 3.78. The van der Waals surface area contributed by atoms with Crippen molar-refractivity contribution >= 4 is 33.5 Å². The molecule has 10 heteroatoms. The molecule has 2 aliphatic rings. The Balaban J connectivity index is 1.69. The van der Waals surface area contributed by atoms with Crippen molar-refractivity contribution in [2.24, 2.45) is 4.40 Å². The van der Waals surface area contributed by atoms with Crippen molar-refractivity contribution < 1.29 is 22.7 Å². The quantitative estimate of drug-likeness (QED) is 0.733. The van der Waals surface area contributed by atoms with E-state index in [-0.39, 0.29) is 10.8 Å². The van der Waals surface area contributed by atoms with E-state index in [1.54, 1.807) is 20.8 Å². The molecule has 2 fully saturated rings. The maximum absolute atomic E-state index is 12.9. The zero-order valence-corrected chi connectivity index (χ0v) is 19.9. The normalized spacial score (nSPS) is 21.0. The molecule has 0 radical (unpaired) electrons. The van der Waals surface area contributed by atoms with Crippen LogP contribution in [-0.2, 0) is 19.6 Å². The number of amidine groups is 1. The third kappa shape index (κ3) is 5.99. The van der Waals surface area contributed by atoms with Crippen molar-refractivity contribution in [3.05, 3.63) is 24.3 Å². The number of ether oxygens (including phenoxy) is 1. The first-order chi connectivity index (χ1) is 15.0. The van der Waals surface area contributed by atoms with Crippen molar-refractivity contribution in [3.63, 3.8) is 0 Å². The van der Waals surface area contributed by atoms with Gasteiger partial charge < -0.3 is 15.0 Å². The lowest BCUT2D eigenvalue weighted by Crippen LogP contribution is -2.51. The van der Waals surface area contributed by atoms with E-state index in [9.17, 15) is 18.0 Å². The monoisotopic (exact) mass is 464 g/mol. The molecule has 32 heavy (non-hydrogen) atoms. The zero-order chi connectivity index (χ0) is 23.5. The van der Waals surface area contributed by atoms with Gasteiger partial charge >= 0.3 is 6.09 Å². The van der Waals surface area contributed by atoms with Crippen molar-refractivity contribution in [2.45, 2.75) is 69.4 Å². The van der Waals surface area contributed by atoms with E-state index in [1.165, 1.54) is 29.2 Å². The molecule has 1 atom stereocenters. The summed E-state index contributed by atoms with van der Waals surface area (Å²) in [6.45, 7) is 6.61. The number of carbonyl (C=O) groups excluding carboxylic acids is 2. The summed E-state index contributed by atoms with van der Waals surface area (Å²) < 4.78 is 34.6. The second kappa shape index (κ2) is 9.48. The van der Waals surface area contributed by atoms with Crippen LogP contribution in [0.2, 0.25) is 0 Å². The van der Waals surface area contributed by atoms with Gasteiger partial charge in [-0.3, -0.25) is 9.69 Å². The van der Waals surface area contributed by atoms with Gasteiger partial charge in [0.05, 0.1) is 4.90 Å². The van der Waals surface area contributed by atoms with Gasteiger partial charge in [-0.2, -0.15) is 8.42 Å². The van der Waals surface area contributed by atoms with E-state index in [2.05, 4.69) is 9.71 Å². The molecule has 2 aliphatic heterocycles. The predicted octanol–water partition coefficient (Wildman–Crippen LogP) is 3.23. The lowest BCUT2D eigenvalue weighted by atomic mass is 10.0. The van der Waals surface area contributed by atoms with Gasteiger partial charge in [-0.15, -0.1) is 4.40 Å². The van der Waals surface area contributed by atoms with Gasteiger partial charge in [-0.1, -0.05) is 0 Å². The number of nitrogens with zero attached hydrogens (tertiary/aromatic N) is 3. The van der Waals surface area contributed by atoms with Gasteiger partial charge in [-0.25, -0.2) is 4.79 Å². The number of rotatable bonds is 4. The van der Waals surface area contributed by atoms with E-state index in [0.29, 0.717) is 30.9 Å². The van der Waals surface area contributed by atoms with Gasteiger partial charge in [0.15, 0.2) is 0 Å². The third-order valence-electron chi connectivity index (χ3n) is 5.41. The molecule has 176 valence electrons. The molecule has 0 bridgehead atoms. The molecular formula is C22H32N4O5S. The van der Waals surface area contributed by atoms with Crippen molar-refractivity contribution in [1.29, 1.82) is 0 Å². The summed E-state index contributed by atoms with van der Waals surface area (Å²) in [6, 6.07) is 5.28. The van der Waals surface area contributed by atoms with E-state index in [1.807, 2.05) is 11.9 Å². The van der Waals surface area contributed by atoms with E-state index in [0.717, 1.165) is 25.8 Å². The lowest BCUT2D eigenvalue weighted by Gasteiger charge is -2.35. The summed E-state index contributed by atoms with van der Waals surface area (Å²) in [5, 5.41) is 2.79. The number of hydrogen-bond donors (Lipinski definition) is 1.